The van der Waals surface area contributed by atoms with Gasteiger partial charge in [-0.1, -0.05) is 12.0 Å². The van der Waals surface area contributed by atoms with Gasteiger partial charge >= 0.3 is 5.97 Å². The van der Waals surface area contributed by atoms with Crippen molar-refractivity contribution < 1.29 is 9.90 Å². The normalized spacial score (nSPS) is 27.8. The highest BCUT2D eigenvalue weighted by Gasteiger charge is 2.24. The molecule has 1 N–H and O–H groups in total. The maximum Gasteiger partial charge on any atom is 0.328 e. The number of aliphatic carboxylic acids is 1. The second-order valence-corrected chi connectivity index (χ2v) is 4.97. The minimum Gasteiger partial charge on any atom is -0.478 e. The monoisotopic (exact) mass is 223 g/mol. The Kier molecular flexibility index (Phi) is 3.99. The van der Waals surface area contributed by atoms with Gasteiger partial charge in [0.05, 0.1) is 0 Å². The Hall–Kier alpha value is -0.830. The van der Waals surface area contributed by atoms with Crippen molar-refractivity contribution in [3.8, 4) is 0 Å². The second-order valence-electron chi connectivity index (χ2n) is 4.97. The van der Waals surface area contributed by atoms with Crippen LogP contribution in [0, 0.1) is 0 Å². The van der Waals surface area contributed by atoms with Crippen molar-refractivity contribution in [1.29, 1.82) is 0 Å². The van der Waals surface area contributed by atoms with E-state index in [-0.39, 0.29) is 0 Å². The first-order valence-corrected chi connectivity index (χ1v) is 6.42. The summed E-state index contributed by atoms with van der Waals surface area (Å²) < 4.78 is 0. The summed E-state index contributed by atoms with van der Waals surface area (Å²) in [6.07, 6.45) is 9.74. The smallest absolute Gasteiger partial charge is 0.328 e. The number of hydrogen-bond donors (Lipinski definition) is 1. The van der Waals surface area contributed by atoms with Crippen LogP contribution in [0.4, 0.5) is 0 Å². The molecular formula is C13H21NO2. The third-order valence-corrected chi connectivity index (χ3v) is 3.83. The Balaban J connectivity index is 1.82. The van der Waals surface area contributed by atoms with Crippen molar-refractivity contribution in [1.82, 2.24) is 4.90 Å². The van der Waals surface area contributed by atoms with E-state index in [9.17, 15) is 4.79 Å². The average molecular weight is 223 g/mol. The Morgan fingerprint density at radius 3 is 2.38 bits per heavy atom. The summed E-state index contributed by atoms with van der Waals surface area (Å²) >= 11 is 0. The minimum atomic E-state index is -0.786. The predicted octanol–water partition coefficient (Wildman–Crippen LogP) is 2.43. The fourth-order valence-corrected chi connectivity index (χ4v) is 2.94. The number of nitrogens with zero attached hydrogens (tertiary/aromatic N) is 1. The molecule has 0 aromatic carbocycles. The molecule has 2 rings (SSSR count). The largest absolute Gasteiger partial charge is 0.478 e. The molecular weight excluding hydrogens is 202 g/mol. The molecule has 0 unspecified atom stereocenters. The van der Waals surface area contributed by atoms with E-state index < -0.39 is 5.97 Å². The van der Waals surface area contributed by atoms with Crippen LogP contribution in [0.1, 0.15) is 44.9 Å². The van der Waals surface area contributed by atoms with Crippen LogP contribution in [0.5, 0.6) is 0 Å². The lowest BCUT2D eigenvalue weighted by atomic mass is 9.89. The number of carboxylic acids is 1. The van der Waals surface area contributed by atoms with Crippen LogP contribution >= 0.6 is 0 Å². The van der Waals surface area contributed by atoms with Gasteiger partial charge in [-0.3, -0.25) is 0 Å². The summed E-state index contributed by atoms with van der Waals surface area (Å²) in [6.45, 7) is 2.51. The first kappa shape index (κ1) is 11.6. The van der Waals surface area contributed by atoms with E-state index in [1.54, 1.807) is 0 Å². The zero-order valence-electron chi connectivity index (χ0n) is 9.82. The first-order valence-electron chi connectivity index (χ1n) is 6.42. The van der Waals surface area contributed by atoms with E-state index >= 15 is 0 Å². The minimum absolute atomic E-state index is 0.714. The summed E-state index contributed by atoms with van der Waals surface area (Å²) in [5.74, 6) is -0.786. The summed E-state index contributed by atoms with van der Waals surface area (Å²) in [5.41, 5.74) is 1.13. The van der Waals surface area contributed by atoms with Gasteiger partial charge in [-0.15, -0.1) is 0 Å². The van der Waals surface area contributed by atoms with Crippen molar-refractivity contribution in [3.63, 3.8) is 0 Å². The van der Waals surface area contributed by atoms with Gasteiger partial charge in [-0.05, 0) is 51.6 Å². The molecule has 1 saturated heterocycles. The molecule has 0 aromatic rings. The number of carboxylic acid groups (broad SMARTS) is 1. The van der Waals surface area contributed by atoms with Crippen molar-refractivity contribution in [3.05, 3.63) is 11.6 Å². The Morgan fingerprint density at radius 1 is 1.19 bits per heavy atom. The Morgan fingerprint density at radius 2 is 1.81 bits per heavy atom. The van der Waals surface area contributed by atoms with Crippen LogP contribution in [0.3, 0.4) is 0 Å². The highest BCUT2D eigenvalue weighted by molar-refractivity contribution is 5.80. The highest BCUT2D eigenvalue weighted by Crippen LogP contribution is 2.28. The van der Waals surface area contributed by atoms with Gasteiger partial charge < -0.3 is 10.0 Å². The van der Waals surface area contributed by atoms with E-state index in [2.05, 4.69) is 4.90 Å². The van der Waals surface area contributed by atoms with Crippen molar-refractivity contribution in [2.75, 3.05) is 13.1 Å². The molecule has 16 heavy (non-hydrogen) atoms. The van der Waals surface area contributed by atoms with Gasteiger partial charge in [0, 0.05) is 12.1 Å². The summed E-state index contributed by atoms with van der Waals surface area (Å²) in [7, 11) is 0. The molecule has 0 radical (unpaired) electrons. The topological polar surface area (TPSA) is 40.5 Å². The van der Waals surface area contributed by atoms with Crippen LogP contribution in [0.15, 0.2) is 11.6 Å². The number of allylic oxidation sites excluding steroid dienone is 1. The second kappa shape index (κ2) is 5.48. The number of rotatable bonds is 2. The lowest BCUT2D eigenvalue weighted by Crippen LogP contribution is -2.40. The SMILES string of the molecule is O=C(O)C=C1CCC(N2CCCCC2)CC1. The molecule has 0 amide bonds. The number of likely N-dealkylation sites (tertiary alicyclic amines) is 1. The van der Waals surface area contributed by atoms with Gasteiger partial charge in [0.2, 0.25) is 0 Å². The third-order valence-electron chi connectivity index (χ3n) is 3.83. The fraction of sp³-hybridized carbons (Fsp3) is 0.769. The maximum atomic E-state index is 10.6. The van der Waals surface area contributed by atoms with Gasteiger partial charge in [0.25, 0.3) is 0 Å². The molecule has 2 aliphatic rings. The number of piperidine rings is 1. The molecule has 1 aliphatic heterocycles. The molecule has 1 saturated carbocycles. The van der Waals surface area contributed by atoms with Gasteiger partial charge in [-0.2, -0.15) is 0 Å². The van der Waals surface area contributed by atoms with Crippen LogP contribution in [0.2, 0.25) is 0 Å². The van der Waals surface area contributed by atoms with Crippen molar-refractivity contribution in [2.45, 2.75) is 51.0 Å². The molecule has 0 atom stereocenters. The van der Waals surface area contributed by atoms with E-state index in [1.807, 2.05) is 0 Å². The van der Waals surface area contributed by atoms with Crippen LogP contribution in [0.25, 0.3) is 0 Å². The lowest BCUT2D eigenvalue weighted by molar-refractivity contribution is -0.131. The van der Waals surface area contributed by atoms with Gasteiger partial charge in [0.15, 0.2) is 0 Å². The van der Waals surface area contributed by atoms with E-state index in [0.717, 1.165) is 31.3 Å². The standard InChI is InChI=1S/C13H21NO2/c15-13(16)10-11-4-6-12(7-5-11)14-8-2-1-3-9-14/h10,12H,1-9H2,(H,15,16). The third kappa shape index (κ3) is 3.08. The zero-order valence-corrected chi connectivity index (χ0v) is 9.82. The van der Waals surface area contributed by atoms with Crippen molar-refractivity contribution in [2.24, 2.45) is 0 Å². The average Bonchev–Trinajstić information content (AvgIpc) is 2.30. The Bertz CT molecular complexity index is 270. The lowest BCUT2D eigenvalue weighted by Gasteiger charge is -2.37. The zero-order chi connectivity index (χ0) is 11.4. The molecule has 0 spiro atoms. The van der Waals surface area contributed by atoms with Crippen LogP contribution < -0.4 is 0 Å². The molecule has 0 bridgehead atoms. The molecule has 1 aliphatic carbocycles. The molecule has 3 heteroatoms. The molecule has 2 fully saturated rings. The first-order chi connectivity index (χ1) is 7.75. The van der Waals surface area contributed by atoms with Gasteiger partial charge in [-0.25, -0.2) is 4.79 Å². The van der Waals surface area contributed by atoms with E-state index in [1.165, 1.54) is 38.4 Å². The molecule has 90 valence electrons. The highest BCUT2D eigenvalue weighted by atomic mass is 16.4. The van der Waals surface area contributed by atoms with Gasteiger partial charge in [0.1, 0.15) is 0 Å². The predicted molar refractivity (Wildman–Crippen MR) is 63.4 cm³/mol. The maximum absolute atomic E-state index is 10.6. The summed E-state index contributed by atoms with van der Waals surface area (Å²) in [4.78, 5) is 13.2. The van der Waals surface area contributed by atoms with Crippen molar-refractivity contribution >= 4 is 5.97 Å². The quantitative estimate of drug-likeness (QED) is 0.731. The van der Waals surface area contributed by atoms with E-state index in [4.69, 9.17) is 5.11 Å². The molecule has 0 aromatic heterocycles. The fourth-order valence-electron chi connectivity index (χ4n) is 2.94. The van der Waals surface area contributed by atoms with Crippen LogP contribution in [-0.4, -0.2) is 35.1 Å². The summed E-state index contributed by atoms with van der Waals surface area (Å²) in [6, 6.07) is 0.714. The number of carbonyl (C=O) groups is 1. The van der Waals surface area contributed by atoms with Crippen LogP contribution in [-0.2, 0) is 4.79 Å². The summed E-state index contributed by atoms with van der Waals surface area (Å²) in [5, 5.41) is 8.69. The number of hydrogen-bond acceptors (Lipinski definition) is 2. The Labute approximate surface area is 97.1 Å². The molecule has 1 heterocycles. The van der Waals surface area contributed by atoms with E-state index in [0.29, 0.717) is 6.04 Å². The molecule has 3 nitrogen and oxygen atoms in total.